The zero-order valence-corrected chi connectivity index (χ0v) is 16.1. The van der Waals surface area contributed by atoms with E-state index < -0.39 is 18.0 Å². The number of rotatable bonds is 8. The SMILES string of the molecule is COc1cccc(NC(=O)/C(C#N)=C\c2cccc(OC)c2O[C@H](C)C(=O)O)c1. The van der Waals surface area contributed by atoms with E-state index in [-0.39, 0.29) is 17.1 Å². The van der Waals surface area contributed by atoms with Crippen molar-refractivity contribution in [2.24, 2.45) is 0 Å². The second-order valence-corrected chi connectivity index (χ2v) is 5.83. The lowest BCUT2D eigenvalue weighted by Crippen LogP contribution is -2.23. The van der Waals surface area contributed by atoms with Crippen LogP contribution in [-0.4, -0.2) is 37.3 Å². The van der Waals surface area contributed by atoms with Crippen LogP contribution in [0.5, 0.6) is 17.2 Å². The number of hydrogen-bond donors (Lipinski definition) is 2. The fourth-order valence-corrected chi connectivity index (χ4v) is 2.36. The van der Waals surface area contributed by atoms with Crippen LogP contribution in [0.1, 0.15) is 12.5 Å². The van der Waals surface area contributed by atoms with Crippen molar-refractivity contribution in [3.8, 4) is 23.3 Å². The molecule has 1 amide bonds. The van der Waals surface area contributed by atoms with Crippen molar-refractivity contribution in [2.45, 2.75) is 13.0 Å². The van der Waals surface area contributed by atoms with Gasteiger partial charge in [-0.05, 0) is 31.2 Å². The van der Waals surface area contributed by atoms with Crippen molar-refractivity contribution in [2.75, 3.05) is 19.5 Å². The monoisotopic (exact) mass is 396 g/mol. The summed E-state index contributed by atoms with van der Waals surface area (Å²) in [6.45, 7) is 1.36. The summed E-state index contributed by atoms with van der Waals surface area (Å²) in [6.07, 6.45) is 0.150. The standard InChI is InChI=1S/C21H20N2O6/c1-13(21(25)26)29-19-14(6-4-9-18(19)28-3)10-15(12-22)20(24)23-16-7-5-8-17(11-16)27-2/h4-11,13H,1-3H3,(H,23,24)(H,25,26)/b15-10-/t13-/m1/s1. The van der Waals surface area contributed by atoms with Gasteiger partial charge in [-0.15, -0.1) is 0 Å². The van der Waals surface area contributed by atoms with Crippen LogP contribution in [0.25, 0.3) is 6.08 Å². The Labute approximate surface area is 167 Å². The molecule has 1 atom stereocenters. The number of para-hydroxylation sites is 1. The number of aliphatic carboxylic acids is 1. The van der Waals surface area contributed by atoms with Crippen LogP contribution in [0.4, 0.5) is 5.69 Å². The van der Waals surface area contributed by atoms with Gasteiger partial charge in [-0.3, -0.25) is 4.79 Å². The number of nitrogens with zero attached hydrogens (tertiary/aromatic N) is 1. The predicted octanol–water partition coefficient (Wildman–Crippen LogP) is 3.10. The third-order valence-corrected chi connectivity index (χ3v) is 3.86. The molecule has 0 radical (unpaired) electrons. The molecule has 8 heteroatoms. The van der Waals surface area contributed by atoms with Crippen LogP contribution in [0.15, 0.2) is 48.0 Å². The number of methoxy groups -OCH3 is 2. The molecule has 0 heterocycles. The molecular weight excluding hydrogens is 376 g/mol. The molecule has 0 aliphatic rings. The first-order valence-corrected chi connectivity index (χ1v) is 8.53. The minimum absolute atomic E-state index is 0.117. The van der Waals surface area contributed by atoms with E-state index in [4.69, 9.17) is 19.3 Å². The van der Waals surface area contributed by atoms with Gasteiger partial charge in [0.1, 0.15) is 17.4 Å². The summed E-state index contributed by atoms with van der Waals surface area (Å²) >= 11 is 0. The van der Waals surface area contributed by atoms with E-state index in [2.05, 4.69) is 5.32 Å². The summed E-state index contributed by atoms with van der Waals surface area (Å²) in [6, 6.07) is 13.3. The highest BCUT2D eigenvalue weighted by atomic mass is 16.5. The molecule has 0 spiro atoms. The minimum atomic E-state index is -1.16. The molecule has 0 saturated carbocycles. The van der Waals surface area contributed by atoms with Crippen LogP contribution >= 0.6 is 0 Å². The number of amides is 1. The van der Waals surface area contributed by atoms with Crippen molar-refractivity contribution in [1.82, 2.24) is 0 Å². The Kier molecular flexibility index (Phi) is 7.20. The van der Waals surface area contributed by atoms with Crippen molar-refractivity contribution in [3.63, 3.8) is 0 Å². The molecule has 29 heavy (non-hydrogen) atoms. The number of carbonyl (C=O) groups is 2. The molecule has 0 saturated heterocycles. The lowest BCUT2D eigenvalue weighted by molar-refractivity contribution is -0.144. The first kappa shape index (κ1) is 21.3. The lowest BCUT2D eigenvalue weighted by atomic mass is 10.1. The van der Waals surface area contributed by atoms with E-state index in [0.29, 0.717) is 17.0 Å². The highest BCUT2D eigenvalue weighted by molar-refractivity contribution is 6.10. The Hall–Kier alpha value is -3.99. The van der Waals surface area contributed by atoms with Crippen molar-refractivity contribution < 1.29 is 28.9 Å². The molecule has 150 valence electrons. The number of nitrogens with one attached hydrogen (secondary N) is 1. The average molecular weight is 396 g/mol. The van der Waals surface area contributed by atoms with Crippen LogP contribution < -0.4 is 19.5 Å². The van der Waals surface area contributed by atoms with E-state index >= 15 is 0 Å². The summed E-state index contributed by atoms with van der Waals surface area (Å²) < 4.78 is 15.8. The van der Waals surface area contributed by atoms with Crippen molar-refractivity contribution >= 4 is 23.6 Å². The highest BCUT2D eigenvalue weighted by Gasteiger charge is 2.19. The smallest absolute Gasteiger partial charge is 0.344 e. The number of carboxylic acid groups (broad SMARTS) is 1. The number of carbonyl (C=O) groups excluding carboxylic acids is 1. The summed E-state index contributed by atoms with van der Waals surface area (Å²) in [4.78, 5) is 23.7. The third-order valence-electron chi connectivity index (χ3n) is 3.86. The Morgan fingerprint density at radius 2 is 1.90 bits per heavy atom. The molecule has 8 nitrogen and oxygen atoms in total. The molecule has 2 aromatic rings. The molecule has 0 aromatic heterocycles. The lowest BCUT2D eigenvalue weighted by Gasteiger charge is -2.16. The second-order valence-electron chi connectivity index (χ2n) is 5.83. The summed E-state index contributed by atoms with van der Waals surface area (Å²) in [7, 11) is 2.91. The first-order valence-electron chi connectivity index (χ1n) is 8.53. The zero-order chi connectivity index (χ0) is 21.4. The van der Waals surface area contributed by atoms with Crippen LogP contribution in [-0.2, 0) is 9.59 Å². The summed E-state index contributed by atoms with van der Waals surface area (Å²) in [5.41, 5.74) is 0.584. The maximum atomic E-state index is 12.5. The van der Waals surface area contributed by atoms with Gasteiger partial charge in [-0.2, -0.15) is 5.26 Å². The number of carboxylic acids is 1. The normalized spacial score (nSPS) is 11.7. The number of anilines is 1. The Morgan fingerprint density at radius 3 is 2.52 bits per heavy atom. The van der Waals surface area contributed by atoms with Gasteiger partial charge >= 0.3 is 5.97 Å². The van der Waals surface area contributed by atoms with E-state index in [1.165, 1.54) is 27.2 Å². The number of nitriles is 1. The summed E-state index contributed by atoms with van der Waals surface area (Å²) in [5.74, 6) is -0.858. The fraction of sp³-hybridized carbons (Fsp3) is 0.190. The van der Waals surface area contributed by atoms with Gasteiger partial charge in [0.2, 0.25) is 0 Å². The van der Waals surface area contributed by atoms with Gasteiger partial charge in [0, 0.05) is 17.3 Å². The zero-order valence-electron chi connectivity index (χ0n) is 16.1. The Balaban J connectivity index is 2.37. The molecule has 0 unspecified atom stereocenters. The maximum absolute atomic E-state index is 12.5. The molecule has 2 N–H and O–H groups in total. The topological polar surface area (TPSA) is 118 Å². The molecule has 0 bridgehead atoms. The predicted molar refractivity (Wildman–Crippen MR) is 106 cm³/mol. The van der Waals surface area contributed by atoms with Gasteiger partial charge in [-0.1, -0.05) is 18.2 Å². The second kappa shape index (κ2) is 9.80. The molecule has 2 rings (SSSR count). The average Bonchev–Trinajstić information content (AvgIpc) is 2.72. The quantitative estimate of drug-likeness (QED) is 0.520. The minimum Gasteiger partial charge on any atom is -0.497 e. The fourth-order valence-electron chi connectivity index (χ4n) is 2.36. The third kappa shape index (κ3) is 5.49. The van der Waals surface area contributed by atoms with Crippen molar-refractivity contribution in [1.29, 1.82) is 5.26 Å². The molecule has 2 aromatic carbocycles. The maximum Gasteiger partial charge on any atom is 0.344 e. The first-order chi connectivity index (χ1) is 13.9. The number of ether oxygens (including phenoxy) is 3. The molecule has 0 aliphatic heterocycles. The largest absolute Gasteiger partial charge is 0.497 e. The van der Waals surface area contributed by atoms with Crippen LogP contribution in [0.3, 0.4) is 0 Å². The number of hydrogen-bond acceptors (Lipinski definition) is 6. The van der Waals surface area contributed by atoms with Gasteiger partial charge in [0.15, 0.2) is 17.6 Å². The Morgan fingerprint density at radius 1 is 1.17 bits per heavy atom. The van der Waals surface area contributed by atoms with Gasteiger partial charge < -0.3 is 24.6 Å². The Bertz CT molecular complexity index is 977. The van der Waals surface area contributed by atoms with Gasteiger partial charge in [-0.25, -0.2) is 4.79 Å². The summed E-state index contributed by atoms with van der Waals surface area (Å²) in [5, 5.41) is 21.2. The highest BCUT2D eigenvalue weighted by Crippen LogP contribution is 2.33. The van der Waals surface area contributed by atoms with Gasteiger partial charge in [0.25, 0.3) is 5.91 Å². The molecular formula is C21H20N2O6. The number of benzene rings is 2. The van der Waals surface area contributed by atoms with E-state index in [0.717, 1.165) is 0 Å². The van der Waals surface area contributed by atoms with E-state index in [9.17, 15) is 14.9 Å². The van der Waals surface area contributed by atoms with E-state index in [1.807, 2.05) is 6.07 Å². The van der Waals surface area contributed by atoms with Crippen LogP contribution in [0.2, 0.25) is 0 Å². The van der Waals surface area contributed by atoms with Gasteiger partial charge in [0.05, 0.1) is 14.2 Å². The van der Waals surface area contributed by atoms with Crippen LogP contribution in [0, 0.1) is 11.3 Å². The molecule has 0 aliphatic carbocycles. The molecule has 0 fully saturated rings. The van der Waals surface area contributed by atoms with E-state index in [1.54, 1.807) is 42.5 Å². The van der Waals surface area contributed by atoms with Crippen molar-refractivity contribution in [3.05, 3.63) is 53.6 Å².